The van der Waals surface area contributed by atoms with Crippen molar-refractivity contribution in [2.45, 2.75) is 50.4 Å². The van der Waals surface area contributed by atoms with Gasteiger partial charge in [-0.2, -0.15) is 0 Å². The van der Waals surface area contributed by atoms with Gasteiger partial charge < -0.3 is 5.32 Å². The van der Waals surface area contributed by atoms with Gasteiger partial charge in [0.05, 0.1) is 21.8 Å². The average molecular weight is 410 g/mol. The summed E-state index contributed by atoms with van der Waals surface area (Å²) in [6.45, 7) is 8.70. The first-order valence-corrected chi connectivity index (χ1v) is 10.9. The average Bonchev–Trinajstić information content (AvgIpc) is 2.72. The number of carbonyl (C=O) groups is 1. The summed E-state index contributed by atoms with van der Waals surface area (Å²) in [4.78, 5) is 30.6. The highest BCUT2D eigenvalue weighted by atomic mass is 32.2. The molecule has 1 atom stereocenters. The first-order valence-electron chi connectivity index (χ1n) is 9.99. The van der Waals surface area contributed by atoms with Gasteiger partial charge >= 0.3 is 0 Å². The maximum Gasteiger partial charge on any atom is 0.266 e. The summed E-state index contributed by atoms with van der Waals surface area (Å²) in [7, 11) is 0. The molecule has 0 spiro atoms. The standard InChI is InChI=1S/C23H27N3O2S/c1-5-14-24-21(27)16(4)29-23-25-19-12-8-6-11-18(19)22(28)26(23)20-13-9-7-10-17(20)15(2)3/h6-13,15-16H,5,14H2,1-4H3,(H,24,27)/t16-/m1/s1. The number of hydrogen-bond donors (Lipinski definition) is 1. The molecule has 0 aliphatic rings. The third-order valence-electron chi connectivity index (χ3n) is 4.75. The van der Waals surface area contributed by atoms with Gasteiger partial charge in [-0.05, 0) is 43.0 Å². The second-order valence-corrected chi connectivity index (χ2v) is 8.62. The summed E-state index contributed by atoms with van der Waals surface area (Å²) in [6, 6.07) is 15.2. The first-order chi connectivity index (χ1) is 13.9. The Morgan fingerprint density at radius 2 is 1.79 bits per heavy atom. The molecule has 1 N–H and O–H groups in total. The summed E-state index contributed by atoms with van der Waals surface area (Å²) in [5, 5.41) is 3.65. The SMILES string of the molecule is CCCNC(=O)[C@@H](C)Sc1nc2ccccc2c(=O)n1-c1ccccc1C(C)C. The van der Waals surface area contributed by atoms with Crippen LogP contribution < -0.4 is 10.9 Å². The molecule has 0 aliphatic carbocycles. The highest BCUT2D eigenvalue weighted by Crippen LogP contribution is 2.29. The number of benzene rings is 2. The molecular formula is C23H27N3O2S. The van der Waals surface area contributed by atoms with Crippen LogP contribution in [0.2, 0.25) is 0 Å². The monoisotopic (exact) mass is 409 g/mol. The Kier molecular flexibility index (Phi) is 6.75. The van der Waals surface area contributed by atoms with Crippen LogP contribution in [0, 0.1) is 0 Å². The van der Waals surface area contributed by atoms with Crippen molar-refractivity contribution in [3.63, 3.8) is 0 Å². The number of nitrogens with one attached hydrogen (secondary N) is 1. The summed E-state index contributed by atoms with van der Waals surface area (Å²) >= 11 is 1.31. The summed E-state index contributed by atoms with van der Waals surface area (Å²) in [5.41, 5.74) is 2.40. The zero-order valence-electron chi connectivity index (χ0n) is 17.3. The number of fused-ring (bicyclic) bond motifs is 1. The zero-order valence-corrected chi connectivity index (χ0v) is 18.1. The summed E-state index contributed by atoms with van der Waals surface area (Å²) in [6.07, 6.45) is 0.879. The number of nitrogens with zero attached hydrogens (tertiary/aromatic N) is 2. The molecule has 3 rings (SSSR count). The van der Waals surface area contributed by atoms with Crippen LogP contribution in [0.25, 0.3) is 16.6 Å². The van der Waals surface area contributed by atoms with Gasteiger partial charge in [0.1, 0.15) is 0 Å². The molecule has 0 unspecified atom stereocenters. The molecule has 1 aromatic heterocycles. The Morgan fingerprint density at radius 3 is 2.52 bits per heavy atom. The second kappa shape index (κ2) is 9.27. The van der Waals surface area contributed by atoms with Crippen molar-refractivity contribution < 1.29 is 4.79 Å². The number of para-hydroxylation sites is 2. The van der Waals surface area contributed by atoms with Gasteiger partial charge in [0, 0.05) is 6.54 Å². The molecule has 0 bridgehead atoms. The van der Waals surface area contributed by atoms with Crippen molar-refractivity contribution in [3.8, 4) is 5.69 Å². The molecule has 0 aliphatic heterocycles. The van der Waals surface area contributed by atoms with E-state index in [1.807, 2.05) is 56.3 Å². The van der Waals surface area contributed by atoms with Gasteiger partial charge in [-0.25, -0.2) is 4.98 Å². The van der Waals surface area contributed by atoms with Crippen molar-refractivity contribution >= 4 is 28.6 Å². The number of rotatable bonds is 7. The first kappa shape index (κ1) is 21.1. The topological polar surface area (TPSA) is 64.0 Å². The molecule has 152 valence electrons. The lowest BCUT2D eigenvalue weighted by Crippen LogP contribution is -2.32. The summed E-state index contributed by atoms with van der Waals surface area (Å²) in [5.74, 6) is 0.190. The fourth-order valence-electron chi connectivity index (χ4n) is 3.19. The minimum atomic E-state index is -0.368. The highest BCUT2D eigenvalue weighted by Gasteiger charge is 2.21. The number of hydrogen-bond acceptors (Lipinski definition) is 4. The van der Waals surface area contributed by atoms with E-state index in [0.29, 0.717) is 22.6 Å². The van der Waals surface area contributed by atoms with Crippen molar-refractivity contribution in [2.75, 3.05) is 6.54 Å². The van der Waals surface area contributed by atoms with Crippen molar-refractivity contribution in [1.82, 2.24) is 14.9 Å². The van der Waals surface area contributed by atoms with Crippen molar-refractivity contribution in [1.29, 1.82) is 0 Å². The molecular weight excluding hydrogens is 382 g/mol. The predicted octanol–water partition coefficient (Wildman–Crippen LogP) is 4.52. The van der Waals surface area contributed by atoms with Gasteiger partial charge in [-0.1, -0.05) is 62.9 Å². The van der Waals surface area contributed by atoms with Crippen molar-refractivity contribution in [2.24, 2.45) is 0 Å². The highest BCUT2D eigenvalue weighted by molar-refractivity contribution is 8.00. The van der Waals surface area contributed by atoms with Crippen LogP contribution in [0.3, 0.4) is 0 Å². The van der Waals surface area contributed by atoms with Crippen LogP contribution >= 0.6 is 11.8 Å². The molecule has 0 fully saturated rings. The maximum atomic E-state index is 13.5. The quantitative estimate of drug-likeness (QED) is 0.460. The molecule has 6 heteroatoms. The van der Waals surface area contributed by atoms with Crippen LogP contribution in [0.4, 0.5) is 0 Å². The van der Waals surface area contributed by atoms with E-state index in [1.54, 1.807) is 10.6 Å². The van der Waals surface area contributed by atoms with Gasteiger partial charge in [-0.15, -0.1) is 0 Å². The minimum absolute atomic E-state index is 0.0528. The molecule has 0 saturated heterocycles. The maximum absolute atomic E-state index is 13.5. The Hall–Kier alpha value is -2.60. The molecule has 1 heterocycles. The third-order valence-corrected chi connectivity index (χ3v) is 5.80. The molecule has 0 saturated carbocycles. The Bertz CT molecular complexity index is 1080. The number of carbonyl (C=O) groups excluding carboxylic acids is 1. The molecule has 3 aromatic rings. The zero-order chi connectivity index (χ0) is 21.0. The number of thioether (sulfide) groups is 1. The van der Waals surface area contributed by atoms with Crippen LogP contribution in [-0.2, 0) is 4.79 Å². The lowest BCUT2D eigenvalue weighted by molar-refractivity contribution is -0.120. The van der Waals surface area contributed by atoms with E-state index in [4.69, 9.17) is 4.98 Å². The van der Waals surface area contributed by atoms with E-state index in [1.165, 1.54) is 11.8 Å². The van der Waals surface area contributed by atoms with Gasteiger partial charge in [0.25, 0.3) is 5.56 Å². The molecule has 1 amide bonds. The third kappa shape index (κ3) is 4.53. The van der Waals surface area contributed by atoms with E-state index < -0.39 is 0 Å². The Morgan fingerprint density at radius 1 is 1.10 bits per heavy atom. The predicted molar refractivity (Wildman–Crippen MR) is 120 cm³/mol. The number of aromatic nitrogens is 2. The van der Waals surface area contributed by atoms with E-state index in [9.17, 15) is 9.59 Å². The number of amides is 1. The normalized spacial score (nSPS) is 12.3. The Balaban J connectivity index is 2.18. The van der Waals surface area contributed by atoms with Crippen LogP contribution in [-0.4, -0.2) is 27.3 Å². The lowest BCUT2D eigenvalue weighted by atomic mass is 10.0. The van der Waals surface area contributed by atoms with Crippen LogP contribution in [0.1, 0.15) is 45.6 Å². The van der Waals surface area contributed by atoms with Gasteiger partial charge in [-0.3, -0.25) is 14.2 Å². The fourth-order valence-corrected chi connectivity index (χ4v) is 4.13. The van der Waals surface area contributed by atoms with E-state index in [-0.39, 0.29) is 22.6 Å². The fraction of sp³-hybridized carbons (Fsp3) is 0.348. The second-order valence-electron chi connectivity index (χ2n) is 7.32. The van der Waals surface area contributed by atoms with Crippen molar-refractivity contribution in [3.05, 3.63) is 64.4 Å². The van der Waals surface area contributed by atoms with E-state index >= 15 is 0 Å². The molecule has 5 nitrogen and oxygen atoms in total. The van der Waals surface area contributed by atoms with E-state index in [0.717, 1.165) is 17.7 Å². The van der Waals surface area contributed by atoms with Crippen LogP contribution in [0.15, 0.2) is 58.5 Å². The minimum Gasteiger partial charge on any atom is -0.355 e. The smallest absolute Gasteiger partial charge is 0.266 e. The van der Waals surface area contributed by atoms with Gasteiger partial charge in [0.15, 0.2) is 5.16 Å². The Labute approximate surface area is 175 Å². The molecule has 2 aromatic carbocycles. The molecule has 0 radical (unpaired) electrons. The molecule has 29 heavy (non-hydrogen) atoms. The van der Waals surface area contributed by atoms with E-state index in [2.05, 4.69) is 19.2 Å². The largest absolute Gasteiger partial charge is 0.355 e. The lowest BCUT2D eigenvalue weighted by Gasteiger charge is -2.19. The summed E-state index contributed by atoms with van der Waals surface area (Å²) < 4.78 is 1.66. The van der Waals surface area contributed by atoms with Crippen LogP contribution in [0.5, 0.6) is 0 Å². The van der Waals surface area contributed by atoms with Gasteiger partial charge in [0.2, 0.25) is 5.91 Å².